The lowest BCUT2D eigenvalue weighted by molar-refractivity contribution is -0.121. The summed E-state index contributed by atoms with van der Waals surface area (Å²) in [5, 5.41) is 0. The summed E-state index contributed by atoms with van der Waals surface area (Å²) < 4.78 is 0. The molecule has 0 radical (unpaired) electrons. The quantitative estimate of drug-likeness (QED) is 0.831. The van der Waals surface area contributed by atoms with Crippen molar-refractivity contribution in [1.82, 2.24) is 4.98 Å². The second-order valence-corrected chi connectivity index (χ2v) is 5.26. The van der Waals surface area contributed by atoms with Crippen LogP contribution in [0.15, 0.2) is 54.9 Å². The molecule has 1 aromatic carbocycles. The van der Waals surface area contributed by atoms with Gasteiger partial charge in [0.2, 0.25) is 0 Å². The molecule has 0 aliphatic heterocycles. The number of pyridine rings is 1. The van der Waals surface area contributed by atoms with Gasteiger partial charge in [-0.05, 0) is 35.6 Å². The minimum Gasteiger partial charge on any atom is -0.299 e. The molecule has 0 amide bonds. The fraction of sp³-hybridized carbons (Fsp3) is 0.294. The number of benzene rings is 1. The zero-order valence-electron chi connectivity index (χ0n) is 11.0. The molecule has 3 rings (SSSR count). The van der Waals surface area contributed by atoms with Gasteiger partial charge in [-0.25, -0.2) is 0 Å². The number of nitrogens with zero attached hydrogens (tertiary/aromatic N) is 1. The van der Waals surface area contributed by atoms with E-state index in [4.69, 9.17) is 0 Å². The molecule has 0 saturated heterocycles. The smallest absolute Gasteiger partial charge is 0.143 e. The number of carbonyl (C=O) groups excluding carboxylic acids is 1. The fourth-order valence-electron chi connectivity index (χ4n) is 2.72. The largest absolute Gasteiger partial charge is 0.299 e. The summed E-state index contributed by atoms with van der Waals surface area (Å²) in [7, 11) is 0. The molecule has 3 atom stereocenters. The second-order valence-electron chi connectivity index (χ2n) is 5.26. The van der Waals surface area contributed by atoms with Gasteiger partial charge in [0.15, 0.2) is 0 Å². The van der Waals surface area contributed by atoms with Crippen molar-refractivity contribution in [2.24, 2.45) is 5.92 Å². The average Bonchev–Trinajstić information content (AvgIpc) is 3.28. The van der Waals surface area contributed by atoms with Crippen molar-refractivity contribution in [2.45, 2.75) is 25.2 Å². The van der Waals surface area contributed by atoms with Gasteiger partial charge < -0.3 is 0 Å². The predicted octanol–water partition coefficient (Wildman–Crippen LogP) is 3.56. The minimum atomic E-state index is -0.0262. The number of hydrogen-bond acceptors (Lipinski definition) is 2. The lowest BCUT2D eigenvalue weighted by Crippen LogP contribution is -2.12. The highest BCUT2D eigenvalue weighted by molar-refractivity contribution is 5.90. The predicted molar refractivity (Wildman–Crippen MR) is 74.9 cm³/mol. The fourth-order valence-corrected chi connectivity index (χ4v) is 2.72. The van der Waals surface area contributed by atoms with E-state index in [0.29, 0.717) is 11.7 Å². The van der Waals surface area contributed by atoms with Gasteiger partial charge in [0.25, 0.3) is 0 Å². The Morgan fingerprint density at radius 3 is 2.53 bits per heavy atom. The minimum absolute atomic E-state index is 0.0262. The van der Waals surface area contributed by atoms with Crippen molar-refractivity contribution in [2.75, 3.05) is 0 Å². The van der Waals surface area contributed by atoms with Crippen molar-refractivity contribution in [1.29, 1.82) is 0 Å². The summed E-state index contributed by atoms with van der Waals surface area (Å²) in [5.41, 5.74) is 2.36. The van der Waals surface area contributed by atoms with Crippen LogP contribution in [0, 0.1) is 5.92 Å². The Bertz CT molecular complexity index is 564. The summed E-state index contributed by atoms with van der Waals surface area (Å²) in [6.45, 7) is 2.00. The van der Waals surface area contributed by atoms with Crippen LogP contribution in [0.2, 0.25) is 0 Å². The molecule has 2 heteroatoms. The number of ketones is 1. The molecule has 0 spiro atoms. The van der Waals surface area contributed by atoms with Crippen LogP contribution in [-0.4, -0.2) is 10.8 Å². The third-order valence-corrected chi connectivity index (χ3v) is 4.02. The maximum Gasteiger partial charge on any atom is 0.143 e. The molecule has 3 unspecified atom stereocenters. The zero-order chi connectivity index (χ0) is 13.2. The Kier molecular flexibility index (Phi) is 3.16. The van der Waals surface area contributed by atoms with Gasteiger partial charge in [0.1, 0.15) is 5.78 Å². The third kappa shape index (κ3) is 2.43. The normalized spacial score (nSPS) is 22.8. The Labute approximate surface area is 113 Å². The Morgan fingerprint density at radius 1 is 1.16 bits per heavy atom. The first-order valence-electron chi connectivity index (χ1n) is 6.76. The molecule has 1 aliphatic carbocycles. The van der Waals surface area contributed by atoms with Crippen LogP contribution in [0.5, 0.6) is 0 Å². The molecule has 1 aliphatic rings. The van der Waals surface area contributed by atoms with Crippen LogP contribution in [-0.2, 0) is 4.79 Å². The van der Waals surface area contributed by atoms with E-state index in [9.17, 15) is 4.79 Å². The van der Waals surface area contributed by atoms with Crippen LogP contribution >= 0.6 is 0 Å². The van der Waals surface area contributed by atoms with Gasteiger partial charge in [0.05, 0.1) is 0 Å². The molecule has 2 nitrogen and oxygen atoms in total. The number of Topliss-reactive ketones (excluding diaryl/α,β-unsaturated/α-hetero) is 1. The van der Waals surface area contributed by atoms with Crippen molar-refractivity contribution >= 4 is 5.78 Å². The molecule has 0 N–H and O–H groups in total. The molecule has 96 valence electrons. The summed E-state index contributed by atoms with van der Waals surface area (Å²) >= 11 is 0. The van der Waals surface area contributed by atoms with E-state index >= 15 is 0 Å². The van der Waals surface area contributed by atoms with Crippen LogP contribution in [0.4, 0.5) is 0 Å². The van der Waals surface area contributed by atoms with E-state index in [0.717, 1.165) is 12.0 Å². The lowest BCUT2D eigenvalue weighted by Gasteiger charge is -2.10. The van der Waals surface area contributed by atoms with Gasteiger partial charge in [-0.3, -0.25) is 9.78 Å². The Morgan fingerprint density at radius 2 is 1.84 bits per heavy atom. The van der Waals surface area contributed by atoms with Crippen molar-refractivity contribution in [3.8, 4) is 0 Å². The second kappa shape index (κ2) is 4.96. The molecular weight excluding hydrogens is 234 g/mol. The standard InChI is InChI=1S/C17H17NO/c1-12(13-7-9-18-10-8-13)17(19)16-11-15(16)14-5-3-2-4-6-14/h2-10,12,15-16H,11H2,1H3. The number of hydrogen-bond donors (Lipinski definition) is 0. The molecule has 1 heterocycles. The van der Waals surface area contributed by atoms with Crippen molar-refractivity contribution in [3.05, 3.63) is 66.0 Å². The molecule has 1 saturated carbocycles. The van der Waals surface area contributed by atoms with Gasteiger partial charge in [-0.1, -0.05) is 37.3 Å². The Hall–Kier alpha value is -1.96. The SMILES string of the molecule is CC(C(=O)C1CC1c1ccccc1)c1ccncc1. The van der Waals surface area contributed by atoms with Crippen LogP contribution in [0.1, 0.15) is 36.3 Å². The third-order valence-electron chi connectivity index (χ3n) is 4.02. The Balaban J connectivity index is 1.70. The highest BCUT2D eigenvalue weighted by atomic mass is 16.1. The number of carbonyl (C=O) groups is 1. The summed E-state index contributed by atoms with van der Waals surface area (Å²) in [4.78, 5) is 16.5. The van der Waals surface area contributed by atoms with Gasteiger partial charge in [-0.15, -0.1) is 0 Å². The van der Waals surface area contributed by atoms with Gasteiger partial charge in [0, 0.05) is 24.2 Å². The average molecular weight is 251 g/mol. The summed E-state index contributed by atoms with van der Waals surface area (Å²) in [6, 6.07) is 14.2. The van der Waals surface area contributed by atoms with Gasteiger partial charge >= 0.3 is 0 Å². The summed E-state index contributed by atoms with van der Waals surface area (Å²) in [5.74, 6) is 0.963. The van der Waals surface area contributed by atoms with Crippen LogP contribution < -0.4 is 0 Å². The molecule has 0 bridgehead atoms. The van der Waals surface area contributed by atoms with Crippen molar-refractivity contribution in [3.63, 3.8) is 0 Å². The van der Waals surface area contributed by atoms with Crippen molar-refractivity contribution < 1.29 is 4.79 Å². The van der Waals surface area contributed by atoms with E-state index in [1.807, 2.05) is 37.3 Å². The molecule has 2 aromatic rings. The highest BCUT2D eigenvalue weighted by Gasteiger charge is 2.45. The maximum atomic E-state index is 12.5. The summed E-state index contributed by atoms with van der Waals surface area (Å²) in [6.07, 6.45) is 4.50. The van der Waals surface area contributed by atoms with Crippen LogP contribution in [0.25, 0.3) is 0 Å². The molecule has 19 heavy (non-hydrogen) atoms. The van der Waals surface area contributed by atoms with Gasteiger partial charge in [-0.2, -0.15) is 0 Å². The highest BCUT2D eigenvalue weighted by Crippen LogP contribution is 2.49. The van der Waals surface area contributed by atoms with Crippen LogP contribution in [0.3, 0.4) is 0 Å². The first kappa shape index (κ1) is 12.1. The first-order valence-corrected chi connectivity index (χ1v) is 6.76. The van der Waals surface area contributed by atoms with E-state index < -0.39 is 0 Å². The van der Waals surface area contributed by atoms with E-state index in [-0.39, 0.29) is 11.8 Å². The lowest BCUT2D eigenvalue weighted by atomic mass is 9.93. The molecular formula is C17H17NO. The molecule has 1 aromatic heterocycles. The zero-order valence-corrected chi connectivity index (χ0v) is 11.0. The van der Waals surface area contributed by atoms with E-state index in [1.54, 1.807) is 12.4 Å². The number of rotatable bonds is 4. The monoisotopic (exact) mass is 251 g/mol. The first-order chi connectivity index (χ1) is 9.27. The maximum absolute atomic E-state index is 12.5. The van der Waals surface area contributed by atoms with E-state index in [2.05, 4.69) is 17.1 Å². The topological polar surface area (TPSA) is 30.0 Å². The number of aromatic nitrogens is 1. The van der Waals surface area contributed by atoms with E-state index in [1.165, 1.54) is 5.56 Å². The molecule has 1 fully saturated rings.